The van der Waals surface area contributed by atoms with Crippen molar-refractivity contribution in [2.45, 2.75) is 18.9 Å². The van der Waals surface area contributed by atoms with Gasteiger partial charge < -0.3 is 19.0 Å². The van der Waals surface area contributed by atoms with Crippen molar-refractivity contribution < 1.29 is 13.9 Å². The second-order valence-electron chi connectivity index (χ2n) is 4.95. The molecule has 0 aromatic carbocycles. The molecule has 6 nitrogen and oxygen atoms in total. The predicted octanol–water partition coefficient (Wildman–Crippen LogP) is 1.95. The largest absolute Gasteiger partial charge is 0.491 e. The molecule has 2 aromatic rings. The molecule has 1 saturated heterocycles. The van der Waals surface area contributed by atoms with Crippen LogP contribution in [0.15, 0.2) is 39.9 Å². The van der Waals surface area contributed by atoms with Crippen molar-refractivity contribution in [1.29, 1.82) is 0 Å². The van der Waals surface area contributed by atoms with Gasteiger partial charge in [0.25, 0.3) is 5.91 Å². The minimum Gasteiger partial charge on any atom is -0.491 e. The van der Waals surface area contributed by atoms with Gasteiger partial charge in [-0.1, -0.05) is 0 Å². The summed E-state index contributed by atoms with van der Waals surface area (Å²) in [5.41, 5.74) is -0.0485. The average molecular weight is 288 g/mol. The van der Waals surface area contributed by atoms with Gasteiger partial charge in [0.05, 0.1) is 19.4 Å². The lowest BCUT2D eigenvalue weighted by molar-refractivity contribution is 0.0713. The monoisotopic (exact) mass is 288 g/mol. The number of carbonyl (C=O) groups excluding carboxylic acids is 1. The Bertz CT molecular complexity index is 690. The van der Waals surface area contributed by atoms with Crippen molar-refractivity contribution >= 4 is 5.91 Å². The summed E-state index contributed by atoms with van der Waals surface area (Å²) >= 11 is 0. The third-order valence-corrected chi connectivity index (χ3v) is 3.71. The van der Waals surface area contributed by atoms with Gasteiger partial charge in [-0.25, -0.2) is 0 Å². The number of likely N-dealkylation sites (tertiary alicyclic amines) is 1. The summed E-state index contributed by atoms with van der Waals surface area (Å²) < 4.78 is 10.3. The van der Waals surface area contributed by atoms with E-state index >= 15 is 0 Å². The van der Waals surface area contributed by atoms with Crippen LogP contribution in [0, 0.1) is 0 Å². The molecule has 1 amide bonds. The van der Waals surface area contributed by atoms with Crippen molar-refractivity contribution in [3.05, 3.63) is 52.3 Å². The van der Waals surface area contributed by atoms with Gasteiger partial charge in [-0.2, -0.15) is 0 Å². The van der Waals surface area contributed by atoms with E-state index in [-0.39, 0.29) is 28.8 Å². The number of hydrogen-bond donors (Lipinski definition) is 1. The van der Waals surface area contributed by atoms with E-state index in [0.29, 0.717) is 6.54 Å². The Labute approximate surface area is 121 Å². The Hall–Kier alpha value is -2.50. The van der Waals surface area contributed by atoms with Gasteiger partial charge in [0.15, 0.2) is 5.75 Å². The van der Waals surface area contributed by atoms with Crippen molar-refractivity contribution in [3.63, 3.8) is 0 Å². The fourth-order valence-corrected chi connectivity index (χ4v) is 2.68. The number of hydrogen-bond acceptors (Lipinski definition) is 4. The molecule has 0 saturated carbocycles. The zero-order valence-corrected chi connectivity index (χ0v) is 11.7. The van der Waals surface area contributed by atoms with Gasteiger partial charge in [-0.3, -0.25) is 9.59 Å². The molecular formula is C15H16N2O4. The molecule has 1 fully saturated rings. The Kier molecular flexibility index (Phi) is 3.51. The molecule has 1 unspecified atom stereocenters. The highest BCUT2D eigenvalue weighted by molar-refractivity contribution is 5.92. The standard InChI is InChI=1S/C15H16N2O4/c1-20-14-9-16-10(8-12(14)18)15(19)17-6-2-4-11(17)13-5-3-7-21-13/h3,5,7-9,11H,2,4,6H2,1H3,(H,16,18). The number of nitrogens with zero attached hydrogens (tertiary/aromatic N) is 1. The maximum absolute atomic E-state index is 12.6. The first-order chi connectivity index (χ1) is 10.2. The molecule has 1 atom stereocenters. The van der Waals surface area contributed by atoms with Crippen LogP contribution in [0.1, 0.15) is 35.1 Å². The van der Waals surface area contributed by atoms with Crippen LogP contribution >= 0.6 is 0 Å². The van der Waals surface area contributed by atoms with Crippen LogP contribution in [0.4, 0.5) is 0 Å². The van der Waals surface area contributed by atoms with Crippen LogP contribution in [-0.4, -0.2) is 29.4 Å². The number of carbonyl (C=O) groups is 1. The average Bonchev–Trinajstić information content (AvgIpc) is 3.16. The number of methoxy groups -OCH3 is 1. The minimum absolute atomic E-state index is 0.0712. The van der Waals surface area contributed by atoms with E-state index in [0.717, 1.165) is 18.6 Å². The fourth-order valence-electron chi connectivity index (χ4n) is 2.68. The molecule has 21 heavy (non-hydrogen) atoms. The highest BCUT2D eigenvalue weighted by atomic mass is 16.5. The van der Waals surface area contributed by atoms with Crippen molar-refractivity contribution in [1.82, 2.24) is 9.88 Å². The van der Waals surface area contributed by atoms with Crippen molar-refractivity contribution in [3.8, 4) is 5.75 Å². The van der Waals surface area contributed by atoms with E-state index < -0.39 is 0 Å². The van der Waals surface area contributed by atoms with E-state index in [1.165, 1.54) is 19.4 Å². The van der Waals surface area contributed by atoms with Crippen LogP contribution in [0.3, 0.4) is 0 Å². The Morgan fingerprint density at radius 2 is 2.38 bits per heavy atom. The number of H-pyrrole nitrogens is 1. The van der Waals surface area contributed by atoms with E-state index in [1.807, 2.05) is 12.1 Å². The van der Waals surface area contributed by atoms with Gasteiger partial charge in [0.1, 0.15) is 11.5 Å². The summed E-state index contributed by atoms with van der Waals surface area (Å²) in [6, 6.07) is 4.88. The lowest BCUT2D eigenvalue weighted by Crippen LogP contribution is -2.31. The zero-order chi connectivity index (χ0) is 14.8. The Balaban J connectivity index is 1.87. The van der Waals surface area contributed by atoms with E-state index in [9.17, 15) is 9.59 Å². The Morgan fingerprint density at radius 1 is 1.52 bits per heavy atom. The molecule has 3 rings (SSSR count). The summed E-state index contributed by atoms with van der Waals surface area (Å²) in [7, 11) is 1.42. The quantitative estimate of drug-likeness (QED) is 0.936. The number of amides is 1. The normalized spacial score (nSPS) is 18.0. The molecule has 1 N–H and O–H groups in total. The first kappa shape index (κ1) is 13.5. The summed E-state index contributed by atoms with van der Waals surface area (Å²) in [5, 5.41) is 0. The number of aromatic amines is 1. The van der Waals surface area contributed by atoms with E-state index in [2.05, 4.69) is 4.98 Å². The number of pyridine rings is 1. The molecule has 0 aliphatic carbocycles. The highest BCUT2D eigenvalue weighted by Gasteiger charge is 2.32. The molecule has 1 aliphatic heterocycles. The van der Waals surface area contributed by atoms with Gasteiger partial charge in [0, 0.05) is 18.8 Å². The van der Waals surface area contributed by atoms with Gasteiger partial charge in [-0.05, 0) is 25.0 Å². The van der Waals surface area contributed by atoms with Gasteiger partial charge in [-0.15, -0.1) is 0 Å². The molecule has 6 heteroatoms. The summed E-state index contributed by atoms with van der Waals surface area (Å²) in [6.07, 6.45) is 4.79. The maximum atomic E-state index is 12.6. The van der Waals surface area contributed by atoms with Crippen LogP contribution in [0.25, 0.3) is 0 Å². The Morgan fingerprint density at radius 3 is 3.05 bits per heavy atom. The second-order valence-corrected chi connectivity index (χ2v) is 4.95. The first-order valence-corrected chi connectivity index (χ1v) is 6.82. The van der Waals surface area contributed by atoms with Crippen LogP contribution in [0.5, 0.6) is 5.75 Å². The lowest BCUT2D eigenvalue weighted by atomic mass is 10.1. The molecule has 0 bridgehead atoms. The molecule has 110 valence electrons. The topological polar surface area (TPSA) is 75.5 Å². The highest BCUT2D eigenvalue weighted by Crippen LogP contribution is 2.32. The van der Waals surface area contributed by atoms with E-state index in [4.69, 9.17) is 9.15 Å². The molecule has 0 spiro atoms. The maximum Gasteiger partial charge on any atom is 0.271 e. The zero-order valence-electron chi connectivity index (χ0n) is 11.7. The molecular weight excluding hydrogens is 272 g/mol. The SMILES string of the molecule is COc1c[nH]c(C(=O)N2CCCC2c2ccco2)cc1=O. The van der Waals surface area contributed by atoms with Gasteiger partial charge in [0.2, 0.25) is 5.43 Å². The summed E-state index contributed by atoms with van der Waals surface area (Å²) in [5.74, 6) is 0.765. The predicted molar refractivity (Wildman–Crippen MR) is 75.3 cm³/mol. The third-order valence-electron chi connectivity index (χ3n) is 3.71. The molecule has 3 heterocycles. The first-order valence-electron chi connectivity index (χ1n) is 6.82. The van der Waals surface area contributed by atoms with E-state index in [1.54, 1.807) is 11.2 Å². The second kappa shape index (κ2) is 5.47. The van der Waals surface area contributed by atoms with Crippen LogP contribution < -0.4 is 10.2 Å². The molecule has 2 aromatic heterocycles. The number of rotatable bonds is 3. The number of furan rings is 1. The van der Waals surface area contributed by atoms with Crippen molar-refractivity contribution in [2.24, 2.45) is 0 Å². The number of aromatic nitrogens is 1. The number of ether oxygens (including phenoxy) is 1. The summed E-state index contributed by atoms with van der Waals surface area (Å²) in [4.78, 5) is 28.9. The third kappa shape index (κ3) is 2.44. The smallest absolute Gasteiger partial charge is 0.271 e. The van der Waals surface area contributed by atoms with Crippen LogP contribution in [-0.2, 0) is 0 Å². The summed E-state index contributed by atoms with van der Waals surface area (Å²) in [6.45, 7) is 0.651. The minimum atomic E-state index is -0.312. The molecule has 0 radical (unpaired) electrons. The fraction of sp³-hybridized carbons (Fsp3) is 0.333. The van der Waals surface area contributed by atoms with Gasteiger partial charge >= 0.3 is 0 Å². The van der Waals surface area contributed by atoms with Crippen molar-refractivity contribution in [2.75, 3.05) is 13.7 Å². The lowest BCUT2D eigenvalue weighted by Gasteiger charge is -2.23. The molecule has 1 aliphatic rings. The number of nitrogens with one attached hydrogen (secondary N) is 1. The van der Waals surface area contributed by atoms with Crippen LogP contribution in [0.2, 0.25) is 0 Å².